The summed E-state index contributed by atoms with van der Waals surface area (Å²) in [7, 11) is 0. The van der Waals surface area contributed by atoms with Gasteiger partial charge in [-0.2, -0.15) is 0 Å². The van der Waals surface area contributed by atoms with Crippen LogP contribution in [-0.2, 0) is 6.42 Å². The molecule has 2 nitrogen and oxygen atoms in total. The molecule has 1 atom stereocenters. The Hall–Kier alpha value is -1.12. The molecule has 1 rings (SSSR count). The van der Waals surface area contributed by atoms with Gasteiger partial charge >= 0.3 is 0 Å². The van der Waals surface area contributed by atoms with Crippen LogP contribution in [-0.4, -0.2) is 6.04 Å². The van der Waals surface area contributed by atoms with Gasteiger partial charge in [0, 0.05) is 6.04 Å². The molecule has 0 bridgehead atoms. The van der Waals surface area contributed by atoms with Gasteiger partial charge < -0.3 is 0 Å². The van der Waals surface area contributed by atoms with Crippen LogP contribution in [0.1, 0.15) is 25.0 Å². The van der Waals surface area contributed by atoms with Crippen molar-refractivity contribution in [1.82, 2.24) is 5.43 Å². The van der Waals surface area contributed by atoms with Crippen molar-refractivity contribution >= 4 is 0 Å². The first-order chi connectivity index (χ1) is 7.11. The highest BCUT2D eigenvalue weighted by Gasteiger charge is 2.03. The lowest BCUT2D eigenvalue weighted by Gasteiger charge is -2.12. The van der Waals surface area contributed by atoms with Crippen LogP contribution in [0.15, 0.2) is 35.9 Å². The van der Waals surface area contributed by atoms with Gasteiger partial charge in [0.1, 0.15) is 0 Å². The maximum Gasteiger partial charge on any atom is 0.0433 e. The van der Waals surface area contributed by atoms with Gasteiger partial charge in [-0.1, -0.05) is 41.5 Å². The van der Waals surface area contributed by atoms with Crippen molar-refractivity contribution in [1.29, 1.82) is 0 Å². The Labute approximate surface area is 92.2 Å². The molecule has 0 fully saturated rings. The summed E-state index contributed by atoms with van der Waals surface area (Å²) < 4.78 is 0. The summed E-state index contributed by atoms with van der Waals surface area (Å²) in [5.41, 5.74) is 6.70. The van der Waals surface area contributed by atoms with Crippen LogP contribution in [0, 0.1) is 6.92 Å². The number of aryl methyl sites for hydroxylation is 1. The first-order valence-electron chi connectivity index (χ1n) is 5.28. The average molecular weight is 204 g/mol. The van der Waals surface area contributed by atoms with E-state index in [4.69, 9.17) is 5.84 Å². The van der Waals surface area contributed by atoms with Gasteiger partial charge in [0.15, 0.2) is 0 Å². The normalized spacial score (nSPS) is 12.3. The Bertz CT molecular complexity index is 321. The molecule has 15 heavy (non-hydrogen) atoms. The molecule has 0 aliphatic rings. The highest BCUT2D eigenvalue weighted by Crippen LogP contribution is 2.07. The molecule has 0 saturated carbocycles. The van der Waals surface area contributed by atoms with Crippen molar-refractivity contribution in [3.63, 3.8) is 0 Å². The highest BCUT2D eigenvalue weighted by atomic mass is 15.2. The van der Waals surface area contributed by atoms with Crippen LogP contribution in [0.4, 0.5) is 0 Å². The lowest BCUT2D eigenvalue weighted by molar-refractivity contribution is 0.614. The van der Waals surface area contributed by atoms with E-state index in [2.05, 4.69) is 56.5 Å². The number of hydrogen-bond acceptors (Lipinski definition) is 2. The Balaban J connectivity index is 2.67. The first-order valence-corrected chi connectivity index (χ1v) is 5.28. The Kier molecular flexibility index (Phi) is 4.53. The zero-order chi connectivity index (χ0) is 11.3. The fraction of sp³-hybridized carbons (Fsp3) is 0.385. The Morgan fingerprint density at radius 1 is 1.33 bits per heavy atom. The molecule has 1 aromatic carbocycles. The number of benzene rings is 1. The monoisotopic (exact) mass is 204 g/mol. The SMILES string of the molecule is CC(C)=CC(Cc1ccc(C)cc1)NN. The van der Waals surface area contributed by atoms with E-state index in [0.29, 0.717) is 0 Å². The van der Waals surface area contributed by atoms with Crippen molar-refractivity contribution in [2.45, 2.75) is 33.2 Å². The van der Waals surface area contributed by atoms with E-state index < -0.39 is 0 Å². The molecule has 1 unspecified atom stereocenters. The van der Waals surface area contributed by atoms with E-state index >= 15 is 0 Å². The van der Waals surface area contributed by atoms with Crippen LogP contribution >= 0.6 is 0 Å². The summed E-state index contributed by atoms with van der Waals surface area (Å²) in [5, 5.41) is 0. The number of nitrogens with two attached hydrogens (primary N) is 1. The summed E-state index contributed by atoms with van der Waals surface area (Å²) in [6, 6.07) is 8.78. The molecular weight excluding hydrogens is 184 g/mol. The predicted octanol–water partition coefficient (Wildman–Crippen LogP) is 2.34. The molecular formula is C13H20N2. The van der Waals surface area contributed by atoms with Crippen LogP contribution in [0.5, 0.6) is 0 Å². The van der Waals surface area contributed by atoms with Gasteiger partial charge in [-0.3, -0.25) is 11.3 Å². The fourth-order valence-electron chi connectivity index (χ4n) is 1.55. The smallest absolute Gasteiger partial charge is 0.0433 e. The number of allylic oxidation sites excluding steroid dienone is 1. The van der Waals surface area contributed by atoms with Crippen LogP contribution in [0.25, 0.3) is 0 Å². The van der Waals surface area contributed by atoms with Gasteiger partial charge in [0.2, 0.25) is 0 Å². The van der Waals surface area contributed by atoms with Crippen molar-refractivity contribution in [2.75, 3.05) is 0 Å². The molecule has 0 aromatic heterocycles. The van der Waals surface area contributed by atoms with Gasteiger partial charge in [0.05, 0.1) is 0 Å². The van der Waals surface area contributed by atoms with E-state index in [1.54, 1.807) is 0 Å². The van der Waals surface area contributed by atoms with Gasteiger partial charge in [-0.05, 0) is 32.8 Å². The minimum absolute atomic E-state index is 0.220. The minimum atomic E-state index is 0.220. The van der Waals surface area contributed by atoms with Crippen molar-refractivity contribution < 1.29 is 0 Å². The molecule has 0 amide bonds. The highest BCUT2D eigenvalue weighted by molar-refractivity contribution is 5.23. The molecule has 0 aliphatic heterocycles. The third-order valence-corrected chi connectivity index (χ3v) is 2.32. The molecule has 2 heteroatoms. The minimum Gasteiger partial charge on any atom is -0.271 e. The standard InChI is InChI=1S/C13H20N2/c1-10(2)8-13(15-14)9-12-6-4-11(3)5-7-12/h4-8,13,15H,9,14H2,1-3H3. The largest absolute Gasteiger partial charge is 0.271 e. The lowest BCUT2D eigenvalue weighted by atomic mass is 10.0. The number of rotatable bonds is 4. The van der Waals surface area contributed by atoms with Crippen molar-refractivity contribution in [3.05, 3.63) is 47.0 Å². The zero-order valence-electron chi connectivity index (χ0n) is 9.75. The summed E-state index contributed by atoms with van der Waals surface area (Å²) >= 11 is 0. The quantitative estimate of drug-likeness (QED) is 0.449. The second-order valence-corrected chi connectivity index (χ2v) is 4.21. The molecule has 0 radical (unpaired) electrons. The maximum absolute atomic E-state index is 5.50. The van der Waals surface area contributed by atoms with Gasteiger partial charge in [0.25, 0.3) is 0 Å². The summed E-state index contributed by atoms with van der Waals surface area (Å²) in [6.07, 6.45) is 3.09. The van der Waals surface area contributed by atoms with E-state index in [1.165, 1.54) is 16.7 Å². The maximum atomic E-state index is 5.50. The van der Waals surface area contributed by atoms with E-state index in [9.17, 15) is 0 Å². The summed E-state index contributed by atoms with van der Waals surface area (Å²) in [5.74, 6) is 5.50. The third-order valence-electron chi connectivity index (χ3n) is 2.32. The predicted molar refractivity (Wildman–Crippen MR) is 65.4 cm³/mol. The second kappa shape index (κ2) is 5.69. The Morgan fingerprint density at radius 2 is 1.93 bits per heavy atom. The molecule has 0 aliphatic carbocycles. The average Bonchev–Trinajstić information content (AvgIpc) is 2.19. The van der Waals surface area contributed by atoms with E-state index in [-0.39, 0.29) is 6.04 Å². The summed E-state index contributed by atoms with van der Waals surface area (Å²) in [6.45, 7) is 6.26. The number of hydrazine groups is 1. The van der Waals surface area contributed by atoms with E-state index in [1.807, 2.05) is 0 Å². The van der Waals surface area contributed by atoms with Crippen LogP contribution in [0.2, 0.25) is 0 Å². The molecule has 0 heterocycles. The zero-order valence-corrected chi connectivity index (χ0v) is 9.75. The van der Waals surface area contributed by atoms with Crippen molar-refractivity contribution in [2.24, 2.45) is 5.84 Å². The molecule has 1 aromatic rings. The summed E-state index contributed by atoms with van der Waals surface area (Å²) in [4.78, 5) is 0. The molecule has 3 N–H and O–H groups in total. The van der Waals surface area contributed by atoms with Crippen LogP contribution < -0.4 is 11.3 Å². The molecule has 0 spiro atoms. The lowest BCUT2D eigenvalue weighted by Crippen LogP contribution is -2.35. The van der Waals surface area contributed by atoms with Gasteiger partial charge in [-0.25, -0.2) is 0 Å². The van der Waals surface area contributed by atoms with Crippen molar-refractivity contribution in [3.8, 4) is 0 Å². The molecule has 82 valence electrons. The molecule has 0 saturated heterocycles. The first kappa shape index (κ1) is 12.0. The Morgan fingerprint density at radius 3 is 2.40 bits per heavy atom. The topological polar surface area (TPSA) is 38.0 Å². The third kappa shape index (κ3) is 4.28. The fourth-order valence-corrected chi connectivity index (χ4v) is 1.55. The van der Waals surface area contributed by atoms with Crippen LogP contribution in [0.3, 0.4) is 0 Å². The number of hydrogen-bond donors (Lipinski definition) is 2. The van der Waals surface area contributed by atoms with E-state index in [0.717, 1.165) is 6.42 Å². The number of nitrogens with one attached hydrogen (secondary N) is 1. The van der Waals surface area contributed by atoms with Gasteiger partial charge in [-0.15, -0.1) is 0 Å². The second-order valence-electron chi connectivity index (χ2n) is 4.21.